The molecule has 0 aromatic rings. The molecule has 2 amide bonds. The molecular formula is C12H22N4O8. The van der Waals surface area contributed by atoms with Crippen LogP contribution in [0.15, 0.2) is 0 Å². The van der Waals surface area contributed by atoms with Crippen molar-refractivity contribution in [2.45, 2.75) is 6.92 Å². The molecule has 4 N–H and O–H groups in total. The molecule has 0 unspecified atom stereocenters. The van der Waals surface area contributed by atoms with Gasteiger partial charge in [0.1, 0.15) is 0 Å². The number of esters is 2. The molecule has 0 atom stereocenters. The molecule has 0 aliphatic heterocycles. The third-order valence-electron chi connectivity index (χ3n) is 2.13. The highest BCUT2D eigenvalue weighted by Crippen LogP contribution is 1.83. The molecule has 0 aliphatic carbocycles. The van der Waals surface area contributed by atoms with Crippen LogP contribution in [0.25, 0.3) is 0 Å². The van der Waals surface area contributed by atoms with E-state index >= 15 is 0 Å². The lowest BCUT2D eigenvalue weighted by Crippen LogP contribution is -2.38. The number of carbonyl (C=O) groups is 4. The molecular weight excluding hydrogens is 328 g/mol. The second kappa shape index (κ2) is 14.0. The number of amides is 2. The normalized spacial score (nSPS) is 9.58. The van der Waals surface area contributed by atoms with Crippen LogP contribution in [0.2, 0.25) is 0 Å². The third-order valence-corrected chi connectivity index (χ3v) is 2.13. The van der Waals surface area contributed by atoms with E-state index < -0.39 is 37.7 Å². The van der Waals surface area contributed by atoms with Gasteiger partial charge >= 0.3 is 24.1 Å². The number of ether oxygens (including phenoxy) is 4. The second-order valence-electron chi connectivity index (χ2n) is 3.97. The largest absolute Gasteiger partial charge is 0.427 e. The summed E-state index contributed by atoms with van der Waals surface area (Å²) >= 11 is 0. The van der Waals surface area contributed by atoms with E-state index in [1.807, 2.05) is 6.92 Å². The Hall–Kier alpha value is -2.60. The number of hydrogen-bond acceptors (Lipinski definition) is 10. The highest BCUT2D eigenvalue weighted by atomic mass is 16.7. The molecule has 138 valence electrons. The van der Waals surface area contributed by atoms with Crippen LogP contribution in [0.3, 0.4) is 0 Å². The lowest BCUT2D eigenvalue weighted by molar-refractivity contribution is -0.151. The summed E-state index contributed by atoms with van der Waals surface area (Å²) in [6.07, 6.45) is -1.82. The fraction of sp³-hybridized carbons (Fsp3) is 0.667. The lowest BCUT2D eigenvalue weighted by Gasteiger charge is -2.09. The first kappa shape index (κ1) is 21.4. The van der Waals surface area contributed by atoms with E-state index in [1.54, 1.807) is 7.05 Å². The van der Waals surface area contributed by atoms with Gasteiger partial charge in [0.2, 0.25) is 13.6 Å². The maximum Gasteiger partial charge on any atom is 0.411 e. The fourth-order valence-electron chi connectivity index (χ4n) is 1.06. The minimum absolute atomic E-state index is 0.00771. The number of alkyl carbamates (subject to hydrolysis) is 2. The summed E-state index contributed by atoms with van der Waals surface area (Å²) in [6.45, 7) is 1.01. The van der Waals surface area contributed by atoms with Crippen molar-refractivity contribution in [3.8, 4) is 0 Å². The van der Waals surface area contributed by atoms with Crippen molar-refractivity contribution in [2.24, 2.45) is 0 Å². The van der Waals surface area contributed by atoms with E-state index in [-0.39, 0.29) is 19.8 Å². The predicted molar refractivity (Wildman–Crippen MR) is 78.5 cm³/mol. The van der Waals surface area contributed by atoms with Crippen LogP contribution in [0.4, 0.5) is 9.59 Å². The highest BCUT2D eigenvalue weighted by Gasteiger charge is 2.07. The van der Waals surface area contributed by atoms with Gasteiger partial charge in [0, 0.05) is 0 Å². The highest BCUT2D eigenvalue weighted by molar-refractivity contribution is 5.73. The zero-order chi connectivity index (χ0) is 18.2. The maximum absolute atomic E-state index is 11.2. The van der Waals surface area contributed by atoms with Crippen LogP contribution in [0, 0.1) is 0 Å². The van der Waals surface area contributed by atoms with Gasteiger partial charge in [-0.1, -0.05) is 6.92 Å². The van der Waals surface area contributed by atoms with Crippen molar-refractivity contribution in [3.63, 3.8) is 0 Å². The topological polar surface area (TPSA) is 153 Å². The first-order valence-corrected chi connectivity index (χ1v) is 6.97. The van der Waals surface area contributed by atoms with Gasteiger partial charge in [-0.2, -0.15) is 0 Å². The Kier molecular flexibility index (Phi) is 12.5. The number of carbonyl (C=O) groups excluding carboxylic acids is 4. The Labute approximate surface area is 138 Å². The molecule has 0 aliphatic rings. The number of nitrogens with one attached hydrogen (secondary N) is 4. The summed E-state index contributed by atoms with van der Waals surface area (Å²) in [5.41, 5.74) is 0. The molecule has 0 rings (SSSR count). The van der Waals surface area contributed by atoms with Crippen molar-refractivity contribution in [2.75, 3.05) is 46.9 Å². The van der Waals surface area contributed by atoms with E-state index in [4.69, 9.17) is 0 Å². The van der Waals surface area contributed by atoms with Crippen molar-refractivity contribution < 1.29 is 38.1 Å². The molecule has 0 saturated heterocycles. The zero-order valence-electron chi connectivity index (χ0n) is 13.5. The SMILES string of the molecule is CCNCC(=O)OCOC(=O)NCNC(=O)OCOC(=O)CNC. The van der Waals surface area contributed by atoms with Gasteiger partial charge in [-0.3, -0.25) is 9.59 Å². The Morgan fingerprint density at radius 3 is 1.75 bits per heavy atom. The van der Waals surface area contributed by atoms with E-state index in [0.717, 1.165) is 0 Å². The first-order valence-electron chi connectivity index (χ1n) is 6.97. The molecule has 0 aromatic heterocycles. The molecule has 12 heteroatoms. The van der Waals surface area contributed by atoms with Crippen LogP contribution in [0.1, 0.15) is 6.92 Å². The van der Waals surface area contributed by atoms with Gasteiger partial charge < -0.3 is 40.2 Å². The first-order chi connectivity index (χ1) is 11.5. The molecule has 12 nitrogen and oxygen atoms in total. The third kappa shape index (κ3) is 13.1. The standard InChI is InChI=1S/C12H22N4O8/c1-3-14-5-10(18)22-8-24-12(20)16-6-15-11(19)23-7-21-9(17)4-13-2/h13-14H,3-8H2,1-2H3,(H,15,19)(H,16,20). The summed E-state index contributed by atoms with van der Waals surface area (Å²) < 4.78 is 18.1. The van der Waals surface area contributed by atoms with E-state index in [0.29, 0.717) is 6.54 Å². The Morgan fingerprint density at radius 2 is 1.29 bits per heavy atom. The number of rotatable bonds is 11. The van der Waals surface area contributed by atoms with Gasteiger partial charge in [0.25, 0.3) is 0 Å². The van der Waals surface area contributed by atoms with E-state index in [9.17, 15) is 19.2 Å². The van der Waals surface area contributed by atoms with E-state index in [1.165, 1.54) is 0 Å². The smallest absolute Gasteiger partial charge is 0.411 e. The number of likely N-dealkylation sites (N-methyl/N-ethyl adjacent to an activating group) is 2. The molecule has 0 bridgehead atoms. The quantitative estimate of drug-likeness (QED) is 0.248. The molecule has 0 radical (unpaired) electrons. The van der Waals surface area contributed by atoms with Crippen LogP contribution in [-0.4, -0.2) is 71.1 Å². The van der Waals surface area contributed by atoms with Gasteiger partial charge in [0.15, 0.2) is 0 Å². The molecule has 0 heterocycles. The summed E-state index contributed by atoms with van der Waals surface area (Å²) in [7, 11) is 1.56. The van der Waals surface area contributed by atoms with Crippen LogP contribution < -0.4 is 21.3 Å². The lowest BCUT2D eigenvalue weighted by atomic mass is 10.6. The fourth-order valence-corrected chi connectivity index (χ4v) is 1.06. The summed E-state index contributed by atoms with van der Waals surface area (Å²) in [4.78, 5) is 44.3. The average molecular weight is 350 g/mol. The summed E-state index contributed by atoms with van der Waals surface area (Å²) in [5, 5.41) is 9.60. The minimum atomic E-state index is -0.912. The van der Waals surface area contributed by atoms with Crippen LogP contribution in [0.5, 0.6) is 0 Å². The van der Waals surface area contributed by atoms with Gasteiger partial charge in [-0.25, -0.2) is 9.59 Å². The predicted octanol–water partition coefficient (Wildman–Crippen LogP) is -1.77. The van der Waals surface area contributed by atoms with Gasteiger partial charge in [-0.15, -0.1) is 0 Å². The molecule has 0 saturated carbocycles. The molecule has 24 heavy (non-hydrogen) atoms. The van der Waals surface area contributed by atoms with Crippen LogP contribution >= 0.6 is 0 Å². The van der Waals surface area contributed by atoms with Crippen LogP contribution in [-0.2, 0) is 28.5 Å². The number of hydrogen-bond donors (Lipinski definition) is 4. The monoisotopic (exact) mass is 350 g/mol. The Morgan fingerprint density at radius 1 is 0.792 bits per heavy atom. The van der Waals surface area contributed by atoms with E-state index in [2.05, 4.69) is 40.2 Å². The van der Waals surface area contributed by atoms with Gasteiger partial charge in [-0.05, 0) is 13.6 Å². The molecule has 0 spiro atoms. The van der Waals surface area contributed by atoms with Crippen molar-refractivity contribution >= 4 is 24.1 Å². The van der Waals surface area contributed by atoms with Gasteiger partial charge in [0.05, 0.1) is 19.8 Å². The molecule has 0 fully saturated rings. The Bertz CT molecular complexity index is 418. The molecule has 0 aromatic carbocycles. The van der Waals surface area contributed by atoms with Crippen molar-refractivity contribution in [1.82, 2.24) is 21.3 Å². The average Bonchev–Trinajstić information content (AvgIpc) is 2.53. The summed E-state index contributed by atoms with van der Waals surface area (Å²) in [6, 6.07) is 0. The van der Waals surface area contributed by atoms with Crippen molar-refractivity contribution in [3.05, 3.63) is 0 Å². The Balaban J connectivity index is 3.58. The zero-order valence-corrected chi connectivity index (χ0v) is 13.5. The maximum atomic E-state index is 11.2. The van der Waals surface area contributed by atoms with Crippen molar-refractivity contribution in [1.29, 1.82) is 0 Å². The second-order valence-corrected chi connectivity index (χ2v) is 3.97. The summed E-state index contributed by atoms with van der Waals surface area (Å²) in [5.74, 6) is -1.16. The minimum Gasteiger partial charge on any atom is -0.427 e.